The van der Waals surface area contributed by atoms with Crippen LogP contribution in [0.2, 0.25) is 0 Å². The second-order valence-corrected chi connectivity index (χ2v) is 11.9. The second kappa shape index (κ2) is 14.4. The minimum atomic E-state index is -0.266. The fourth-order valence-electron chi connectivity index (χ4n) is 6.28. The molecule has 1 aliphatic carbocycles. The van der Waals surface area contributed by atoms with Gasteiger partial charge in [0, 0.05) is 55.2 Å². The third-order valence-electron chi connectivity index (χ3n) is 8.95. The summed E-state index contributed by atoms with van der Waals surface area (Å²) >= 11 is 0. The van der Waals surface area contributed by atoms with E-state index in [9.17, 15) is 5.26 Å². The van der Waals surface area contributed by atoms with E-state index in [1.165, 1.54) is 11.4 Å². The molecule has 4 atom stereocenters. The van der Waals surface area contributed by atoms with Gasteiger partial charge in [-0.1, -0.05) is 12.7 Å². The topological polar surface area (TPSA) is 112 Å². The summed E-state index contributed by atoms with van der Waals surface area (Å²) in [6.07, 6.45) is 9.54. The van der Waals surface area contributed by atoms with Gasteiger partial charge in [-0.25, -0.2) is 10.4 Å². The molecule has 230 valence electrons. The molecule has 5 aliphatic rings. The summed E-state index contributed by atoms with van der Waals surface area (Å²) in [5, 5.41) is 22.4. The van der Waals surface area contributed by atoms with Gasteiger partial charge in [0.05, 0.1) is 38.5 Å². The Balaban J connectivity index is 1.07. The molecular weight excluding hydrogens is 530 g/mol. The van der Waals surface area contributed by atoms with Gasteiger partial charge in [0.15, 0.2) is 6.29 Å². The molecule has 42 heavy (non-hydrogen) atoms. The molecule has 0 aromatic heterocycles. The zero-order valence-corrected chi connectivity index (χ0v) is 25.6. The SMILES string of the molecule is C=C(CC/C(=C\C)N[C@@H]1N=C([C@@H]2CC=C(OCCN3N[C@@H](C)C=C3C)[C@H](C#N)C2)NCN1)N1CCN(C2COC2)CC1. The van der Waals surface area contributed by atoms with Crippen molar-refractivity contribution < 1.29 is 9.47 Å². The molecule has 11 heteroatoms. The number of hydrazine groups is 1. The lowest BCUT2D eigenvalue weighted by Gasteiger charge is -2.43. The van der Waals surface area contributed by atoms with E-state index in [0.717, 1.165) is 82.5 Å². The fourth-order valence-corrected chi connectivity index (χ4v) is 6.28. The highest BCUT2D eigenvalue weighted by Crippen LogP contribution is 2.31. The molecule has 0 saturated carbocycles. The third-order valence-corrected chi connectivity index (χ3v) is 8.95. The first-order chi connectivity index (χ1) is 20.4. The Hall–Kier alpha value is -3.04. The fraction of sp³-hybridized carbons (Fsp3) is 0.677. The van der Waals surface area contributed by atoms with Crippen LogP contribution >= 0.6 is 0 Å². The van der Waals surface area contributed by atoms with E-state index in [2.05, 4.69) is 87.8 Å². The monoisotopic (exact) mass is 579 g/mol. The van der Waals surface area contributed by atoms with E-state index in [4.69, 9.17) is 14.5 Å². The van der Waals surface area contributed by atoms with Crippen molar-refractivity contribution in [2.75, 3.05) is 59.2 Å². The molecule has 0 unspecified atom stereocenters. The number of ether oxygens (including phenoxy) is 2. The lowest BCUT2D eigenvalue weighted by atomic mass is 9.85. The zero-order valence-electron chi connectivity index (χ0n) is 25.6. The molecular formula is C31H49N9O2. The van der Waals surface area contributed by atoms with Crippen LogP contribution in [0.25, 0.3) is 0 Å². The summed E-state index contributed by atoms with van der Waals surface area (Å²) < 4.78 is 11.4. The van der Waals surface area contributed by atoms with Crippen molar-refractivity contribution in [2.24, 2.45) is 16.8 Å². The van der Waals surface area contributed by atoms with E-state index in [-0.39, 0.29) is 18.1 Å². The quantitative estimate of drug-likeness (QED) is 0.275. The molecule has 0 radical (unpaired) electrons. The number of hydrogen-bond acceptors (Lipinski definition) is 11. The predicted molar refractivity (Wildman–Crippen MR) is 164 cm³/mol. The number of nitriles is 1. The van der Waals surface area contributed by atoms with Gasteiger partial charge in [0.25, 0.3) is 0 Å². The van der Waals surface area contributed by atoms with E-state index in [1.807, 2.05) is 0 Å². The first-order valence-electron chi connectivity index (χ1n) is 15.6. The van der Waals surface area contributed by atoms with E-state index < -0.39 is 0 Å². The van der Waals surface area contributed by atoms with Crippen molar-refractivity contribution >= 4 is 5.84 Å². The summed E-state index contributed by atoms with van der Waals surface area (Å²) in [4.78, 5) is 9.95. The normalized spacial score (nSPS) is 29.1. The van der Waals surface area contributed by atoms with Crippen molar-refractivity contribution in [3.63, 3.8) is 0 Å². The molecule has 4 N–H and O–H groups in total. The van der Waals surface area contributed by atoms with Gasteiger partial charge in [0.2, 0.25) is 0 Å². The Morgan fingerprint density at radius 3 is 2.76 bits per heavy atom. The van der Waals surface area contributed by atoms with Crippen LogP contribution in [0.5, 0.6) is 0 Å². The van der Waals surface area contributed by atoms with Crippen molar-refractivity contribution in [3.05, 3.63) is 47.7 Å². The molecule has 0 bridgehead atoms. The van der Waals surface area contributed by atoms with Crippen LogP contribution in [0.1, 0.15) is 46.5 Å². The molecule has 0 aromatic carbocycles. The number of rotatable bonds is 12. The molecule has 2 saturated heterocycles. The zero-order chi connectivity index (χ0) is 29.5. The van der Waals surface area contributed by atoms with Crippen LogP contribution < -0.4 is 21.4 Å². The van der Waals surface area contributed by atoms with E-state index >= 15 is 0 Å². The minimum Gasteiger partial charge on any atom is -0.495 e. The van der Waals surface area contributed by atoms with Crippen LogP contribution in [0.4, 0.5) is 0 Å². The maximum absolute atomic E-state index is 9.90. The number of allylic oxidation sites excluding steroid dienone is 6. The van der Waals surface area contributed by atoms with Crippen molar-refractivity contribution in [1.82, 2.24) is 36.2 Å². The van der Waals surface area contributed by atoms with Gasteiger partial charge in [0.1, 0.15) is 24.1 Å². The van der Waals surface area contributed by atoms with Gasteiger partial charge < -0.3 is 30.0 Å². The Morgan fingerprint density at radius 1 is 1.29 bits per heavy atom. The number of hydrogen-bond donors (Lipinski definition) is 4. The van der Waals surface area contributed by atoms with E-state index in [0.29, 0.717) is 31.8 Å². The first kappa shape index (κ1) is 30.4. The Bertz CT molecular complexity index is 1110. The third kappa shape index (κ3) is 7.67. The molecule has 0 amide bonds. The van der Waals surface area contributed by atoms with Crippen LogP contribution in [0, 0.1) is 23.2 Å². The van der Waals surface area contributed by atoms with Crippen LogP contribution in [0.15, 0.2) is 52.6 Å². The molecule has 2 fully saturated rings. The molecule has 4 aliphatic heterocycles. The average molecular weight is 580 g/mol. The van der Waals surface area contributed by atoms with Crippen LogP contribution in [-0.2, 0) is 9.47 Å². The van der Waals surface area contributed by atoms with Gasteiger partial charge in [-0.2, -0.15) is 5.26 Å². The average Bonchev–Trinajstić information content (AvgIpc) is 3.30. The molecule has 4 heterocycles. The number of amidine groups is 1. The van der Waals surface area contributed by atoms with Gasteiger partial charge in [-0.3, -0.25) is 10.2 Å². The number of nitrogens with zero attached hydrogens (tertiary/aromatic N) is 5. The van der Waals surface area contributed by atoms with Gasteiger partial charge in [-0.15, -0.1) is 0 Å². The predicted octanol–water partition coefficient (Wildman–Crippen LogP) is 2.19. The van der Waals surface area contributed by atoms with Crippen molar-refractivity contribution in [1.29, 1.82) is 5.26 Å². The lowest BCUT2D eigenvalue weighted by Crippen LogP contribution is -2.56. The molecule has 0 spiro atoms. The van der Waals surface area contributed by atoms with Crippen molar-refractivity contribution in [3.8, 4) is 6.07 Å². The van der Waals surface area contributed by atoms with Gasteiger partial charge >= 0.3 is 0 Å². The Labute approximate surface area is 251 Å². The van der Waals surface area contributed by atoms with Crippen molar-refractivity contribution in [2.45, 2.75) is 64.8 Å². The highest BCUT2D eigenvalue weighted by atomic mass is 16.5. The number of aliphatic imine (C=N–C) groups is 1. The smallest absolute Gasteiger partial charge is 0.176 e. The van der Waals surface area contributed by atoms with Gasteiger partial charge in [-0.05, 0) is 58.6 Å². The second-order valence-electron chi connectivity index (χ2n) is 11.9. The maximum atomic E-state index is 9.90. The highest BCUT2D eigenvalue weighted by Gasteiger charge is 2.31. The Morgan fingerprint density at radius 2 is 2.10 bits per heavy atom. The lowest BCUT2D eigenvalue weighted by molar-refractivity contribution is -0.0748. The first-order valence-corrected chi connectivity index (χ1v) is 15.6. The molecule has 0 aromatic rings. The standard InChI is InChI=1S/C31H49N9O2/c1-5-27(8-6-23(3)38-10-12-39(13-11-38)28-19-41-20-28)35-31-34-21-33-30(36-31)25-7-9-29(26(17-25)18-32)42-15-14-40-24(4)16-22(2)37-40/h5,9,16,22,25-26,28,31,34-35,37H,3,6-8,10-15,17,19-21H2,1-2,4H3,(H,33,36)/b27-5+/t22-,25+,26-,31+/m0/s1. The minimum absolute atomic E-state index is 0.165. The number of piperazine rings is 1. The van der Waals surface area contributed by atoms with Crippen LogP contribution in [-0.4, -0.2) is 98.2 Å². The largest absolute Gasteiger partial charge is 0.495 e. The summed E-state index contributed by atoms with van der Waals surface area (Å²) in [5.74, 6) is 1.64. The van der Waals surface area contributed by atoms with Crippen LogP contribution in [0.3, 0.4) is 0 Å². The maximum Gasteiger partial charge on any atom is 0.176 e. The summed E-state index contributed by atoms with van der Waals surface area (Å²) in [7, 11) is 0. The summed E-state index contributed by atoms with van der Waals surface area (Å²) in [6.45, 7) is 18.6. The molecule has 5 rings (SSSR count). The highest BCUT2D eigenvalue weighted by molar-refractivity contribution is 5.85. The van der Waals surface area contributed by atoms with E-state index in [1.54, 1.807) is 0 Å². The molecule has 11 nitrogen and oxygen atoms in total. The summed E-state index contributed by atoms with van der Waals surface area (Å²) in [5.41, 5.74) is 6.97. The Kier molecular flexibility index (Phi) is 10.4. The summed E-state index contributed by atoms with van der Waals surface area (Å²) in [6, 6.07) is 3.41. The number of nitrogens with one attached hydrogen (secondary N) is 4.